The van der Waals surface area contributed by atoms with Crippen molar-refractivity contribution in [1.29, 1.82) is 0 Å². The molecule has 10 nitrogen and oxygen atoms in total. The number of fused-ring (bicyclic) bond motifs is 4. The van der Waals surface area contributed by atoms with E-state index in [4.69, 9.17) is 10.5 Å². The summed E-state index contributed by atoms with van der Waals surface area (Å²) in [6.07, 6.45) is 0. The minimum absolute atomic E-state index is 0.0335. The Kier molecular flexibility index (Phi) is 4.25. The topological polar surface area (TPSA) is 123 Å². The number of hydrogen-bond donors (Lipinski definition) is 1. The van der Waals surface area contributed by atoms with Crippen molar-refractivity contribution in [3.8, 4) is 11.6 Å². The molecule has 0 amide bonds. The van der Waals surface area contributed by atoms with E-state index >= 15 is 0 Å². The second kappa shape index (κ2) is 6.83. The van der Waals surface area contributed by atoms with Gasteiger partial charge in [-0.05, 0) is 16.8 Å². The largest absolute Gasteiger partial charge is 0.440 e. The van der Waals surface area contributed by atoms with E-state index in [1.807, 2.05) is 30.3 Å². The summed E-state index contributed by atoms with van der Waals surface area (Å²) in [5.41, 5.74) is 4.69. The first kappa shape index (κ1) is 20.6. The molecule has 0 spiro atoms. The fourth-order valence-corrected chi connectivity index (χ4v) is 4.58. The van der Waals surface area contributed by atoms with Crippen molar-refractivity contribution >= 4 is 16.6 Å². The van der Waals surface area contributed by atoms with Gasteiger partial charge in [-0.25, -0.2) is 9.59 Å². The number of nitrogens with zero attached hydrogens (tertiary/aromatic N) is 4. The van der Waals surface area contributed by atoms with Crippen molar-refractivity contribution in [2.24, 2.45) is 28.2 Å². The lowest BCUT2D eigenvalue weighted by molar-refractivity contribution is 0.395. The van der Waals surface area contributed by atoms with Crippen LogP contribution < -0.4 is 33.0 Å². The summed E-state index contributed by atoms with van der Waals surface area (Å²) in [7, 11) is 5.68. The molecule has 1 aliphatic rings. The summed E-state index contributed by atoms with van der Waals surface area (Å²) < 4.78 is 10.4. The van der Waals surface area contributed by atoms with E-state index in [2.05, 4.69) is 0 Å². The number of hydrogen-bond acceptors (Lipinski definition) is 6. The average molecular weight is 447 g/mol. The van der Waals surface area contributed by atoms with Crippen molar-refractivity contribution in [2.75, 3.05) is 5.73 Å². The Morgan fingerprint density at radius 1 is 0.727 bits per heavy atom. The second-order valence-corrected chi connectivity index (χ2v) is 8.16. The lowest BCUT2D eigenvalue weighted by Crippen LogP contribution is -2.45. The van der Waals surface area contributed by atoms with E-state index in [1.165, 1.54) is 37.3 Å². The van der Waals surface area contributed by atoms with Crippen molar-refractivity contribution in [3.05, 3.63) is 94.8 Å². The Balaban J connectivity index is 2.06. The molecule has 2 N–H and O–H groups in total. The van der Waals surface area contributed by atoms with E-state index in [1.54, 1.807) is 6.07 Å². The fraction of sp³-hybridized carbons (Fsp3) is 0.217. The summed E-state index contributed by atoms with van der Waals surface area (Å²) in [6.45, 7) is 0. The average Bonchev–Trinajstić information content (AvgIpc) is 2.83. The zero-order valence-corrected chi connectivity index (χ0v) is 18.4. The minimum Gasteiger partial charge on any atom is -0.440 e. The van der Waals surface area contributed by atoms with Gasteiger partial charge >= 0.3 is 11.4 Å². The molecule has 2 aromatic carbocycles. The van der Waals surface area contributed by atoms with Gasteiger partial charge in [0.05, 0.1) is 17.0 Å². The highest BCUT2D eigenvalue weighted by Crippen LogP contribution is 2.48. The standard InChI is InChI=1S/C23H21N5O5/c1-25-18(24)16(19(29)26(2)22(25)31)15-14-12-8-6-5-7-11(12)9-10-13(14)33-21-17(15)20(30)27(3)23(32)28(21)4/h5-10,15H,24H2,1-4H3/t15-/m1/s1. The molecule has 1 atom stereocenters. The summed E-state index contributed by atoms with van der Waals surface area (Å²) in [5, 5.41) is 1.63. The summed E-state index contributed by atoms with van der Waals surface area (Å²) in [4.78, 5) is 51.9. The van der Waals surface area contributed by atoms with Crippen LogP contribution in [0.25, 0.3) is 10.8 Å². The van der Waals surface area contributed by atoms with Gasteiger partial charge < -0.3 is 10.5 Å². The predicted octanol–water partition coefficient (Wildman–Crippen LogP) is 0.503. The molecule has 1 aliphatic heterocycles. The molecule has 0 radical (unpaired) electrons. The van der Waals surface area contributed by atoms with Crippen molar-refractivity contribution < 1.29 is 4.74 Å². The third-order valence-corrected chi connectivity index (χ3v) is 6.39. The lowest BCUT2D eigenvalue weighted by atomic mass is 9.82. The van der Waals surface area contributed by atoms with Gasteiger partial charge in [-0.2, -0.15) is 0 Å². The number of nitrogen functional groups attached to an aromatic ring is 1. The van der Waals surface area contributed by atoms with E-state index in [0.717, 1.165) is 19.9 Å². The Morgan fingerprint density at radius 3 is 2.03 bits per heavy atom. The Morgan fingerprint density at radius 2 is 1.33 bits per heavy atom. The number of anilines is 1. The minimum atomic E-state index is -0.967. The summed E-state index contributed by atoms with van der Waals surface area (Å²) in [6, 6.07) is 11.1. The summed E-state index contributed by atoms with van der Waals surface area (Å²) >= 11 is 0. The van der Waals surface area contributed by atoms with Crippen LogP contribution in [-0.2, 0) is 28.2 Å². The molecule has 2 aromatic heterocycles. The van der Waals surface area contributed by atoms with Gasteiger partial charge in [0.1, 0.15) is 11.6 Å². The van der Waals surface area contributed by atoms with Crippen LogP contribution in [0.1, 0.15) is 22.6 Å². The van der Waals surface area contributed by atoms with E-state index in [0.29, 0.717) is 11.3 Å². The molecule has 0 bridgehead atoms. The van der Waals surface area contributed by atoms with Gasteiger partial charge in [0.2, 0.25) is 5.88 Å². The molecule has 33 heavy (non-hydrogen) atoms. The molecular formula is C23H21N5O5. The highest BCUT2D eigenvalue weighted by atomic mass is 16.5. The van der Waals surface area contributed by atoms with Crippen LogP contribution >= 0.6 is 0 Å². The smallest absolute Gasteiger partial charge is 0.333 e. The first-order valence-electron chi connectivity index (χ1n) is 10.2. The molecule has 0 saturated heterocycles. The highest BCUT2D eigenvalue weighted by Gasteiger charge is 2.39. The Labute approximate surface area is 186 Å². The Hall–Kier alpha value is -4.34. The maximum absolute atomic E-state index is 13.4. The van der Waals surface area contributed by atoms with E-state index in [-0.39, 0.29) is 22.8 Å². The van der Waals surface area contributed by atoms with Crippen LogP contribution in [0.2, 0.25) is 0 Å². The third-order valence-electron chi connectivity index (χ3n) is 6.39. The van der Waals surface area contributed by atoms with E-state index in [9.17, 15) is 19.2 Å². The van der Waals surface area contributed by atoms with Gasteiger partial charge in [-0.3, -0.25) is 27.9 Å². The highest BCUT2D eigenvalue weighted by molar-refractivity contribution is 5.90. The second-order valence-electron chi connectivity index (χ2n) is 8.16. The lowest BCUT2D eigenvalue weighted by Gasteiger charge is -2.31. The van der Waals surface area contributed by atoms with Crippen LogP contribution in [0.15, 0.2) is 55.6 Å². The Bertz CT molecular complexity index is 1710. The van der Waals surface area contributed by atoms with Gasteiger partial charge in [-0.15, -0.1) is 0 Å². The quantitative estimate of drug-likeness (QED) is 0.399. The van der Waals surface area contributed by atoms with Gasteiger partial charge in [0, 0.05) is 33.8 Å². The van der Waals surface area contributed by atoms with Crippen LogP contribution in [0.4, 0.5) is 5.82 Å². The molecule has 3 heterocycles. The van der Waals surface area contributed by atoms with Crippen LogP contribution in [0.3, 0.4) is 0 Å². The number of aromatic nitrogens is 4. The number of rotatable bonds is 1. The molecule has 0 aliphatic carbocycles. The molecule has 10 heteroatoms. The molecule has 0 fully saturated rings. The first-order valence-corrected chi connectivity index (χ1v) is 10.2. The fourth-order valence-electron chi connectivity index (χ4n) is 4.58. The number of nitrogens with two attached hydrogens (primary N) is 1. The van der Waals surface area contributed by atoms with Crippen LogP contribution in [-0.4, -0.2) is 18.3 Å². The van der Waals surface area contributed by atoms with Crippen LogP contribution in [0, 0.1) is 0 Å². The normalized spacial score (nSPS) is 14.6. The molecule has 0 saturated carbocycles. The maximum atomic E-state index is 13.4. The molecule has 0 unspecified atom stereocenters. The first-order chi connectivity index (χ1) is 15.6. The van der Waals surface area contributed by atoms with Crippen LogP contribution in [0.5, 0.6) is 11.6 Å². The number of ether oxygens (including phenoxy) is 1. The summed E-state index contributed by atoms with van der Waals surface area (Å²) in [5.74, 6) is -0.600. The monoisotopic (exact) mass is 447 g/mol. The van der Waals surface area contributed by atoms with Gasteiger partial charge in [0.15, 0.2) is 0 Å². The molecule has 168 valence electrons. The van der Waals surface area contributed by atoms with E-state index < -0.39 is 28.4 Å². The molecule has 4 aromatic rings. The SMILES string of the molecule is Cn1c(N)c([C@@H]2c3c(n(C)c(=O)n(C)c3=O)Oc3ccc4ccccc4c32)c(=O)n(C)c1=O. The maximum Gasteiger partial charge on any atom is 0.333 e. The number of benzene rings is 2. The zero-order chi connectivity index (χ0) is 23.8. The van der Waals surface area contributed by atoms with Crippen molar-refractivity contribution in [3.63, 3.8) is 0 Å². The van der Waals surface area contributed by atoms with Crippen molar-refractivity contribution in [1.82, 2.24) is 18.3 Å². The molecular weight excluding hydrogens is 426 g/mol. The third kappa shape index (κ3) is 2.60. The zero-order valence-electron chi connectivity index (χ0n) is 18.4. The van der Waals surface area contributed by atoms with Gasteiger partial charge in [0.25, 0.3) is 11.1 Å². The molecule has 5 rings (SSSR count). The predicted molar refractivity (Wildman–Crippen MR) is 123 cm³/mol. The van der Waals surface area contributed by atoms with Gasteiger partial charge in [-0.1, -0.05) is 30.3 Å². The van der Waals surface area contributed by atoms with Crippen molar-refractivity contribution in [2.45, 2.75) is 5.92 Å².